The van der Waals surface area contributed by atoms with Crippen LogP contribution in [0, 0.1) is 17.0 Å². The Kier molecular flexibility index (Phi) is 5.55. The smallest absolute Gasteiger partial charge is 0.269 e. The number of ether oxygens (including phenoxy) is 1. The molecule has 1 heterocycles. The summed E-state index contributed by atoms with van der Waals surface area (Å²) in [5.74, 6) is -0.665. The van der Waals surface area contributed by atoms with E-state index in [0.29, 0.717) is 11.3 Å². The molecule has 1 aromatic heterocycles. The third kappa shape index (κ3) is 4.15. The number of carbonyl (C=O) groups excluding carboxylic acids is 2. The maximum Gasteiger partial charge on any atom is 0.269 e. The van der Waals surface area contributed by atoms with E-state index in [9.17, 15) is 19.7 Å². The number of nitrogens with one attached hydrogen (secondary N) is 1. The van der Waals surface area contributed by atoms with Crippen LogP contribution in [0.5, 0.6) is 5.88 Å². The Hall–Kier alpha value is -3.43. The number of hydrogen-bond donors (Lipinski definition) is 1. The molecule has 1 N–H and O–H groups in total. The number of non-ortho nitro benzene ring substituents is 1. The lowest BCUT2D eigenvalue weighted by atomic mass is 10.2. The number of hydrogen-bond acceptors (Lipinski definition) is 6. The zero-order chi connectivity index (χ0) is 19.4. The molecule has 26 heavy (non-hydrogen) atoms. The van der Waals surface area contributed by atoms with Gasteiger partial charge in [-0.15, -0.1) is 5.10 Å². The fraction of sp³-hybridized carbons (Fsp3) is 0.312. The summed E-state index contributed by atoms with van der Waals surface area (Å²) >= 11 is 0. The SMILES string of the molecule is COc1nn(C)cc1C(=O)N(C)CC(=O)Nc1ccc([N+](=O)[O-])cc1C. The molecule has 0 bridgehead atoms. The summed E-state index contributed by atoms with van der Waals surface area (Å²) < 4.78 is 6.49. The highest BCUT2D eigenvalue weighted by Crippen LogP contribution is 2.21. The van der Waals surface area contributed by atoms with Gasteiger partial charge < -0.3 is 15.0 Å². The van der Waals surface area contributed by atoms with Crippen LogP contribution in [0.1, 0.15) is 15.9 Å². The van der Waals surface area contributed by atoms with Crippen molar-refractivity contribution in [2.45, 2.75) is 6.92 Å². The van der Waals surface area contributed by atoms with Gasteiger partial charge in [0.15, 0.2) is 0 Å². The van der Waals surface area contributed by atoms with Crippen molar-refractivity contribution < 1.29 is 19.2 Å². The van der Waals surface area contributed by atoms with Crippen LogP contribution in [0.25, 0.3) is 0 Å². The maximum atomic E-state index is 12.4. The predicted octanol–water partition coefficient (Wildman–Crippen LogP) is 1.36. The van der Waals surface area contributed by atoms with Gasteiger partial charge in [0.2, 0.25) is 11.8 Å². The number of aromatic nitrogens is 2. The van der Waals surface area contributed by atoms with Crippen LogP contribution in [-0.4, -0.2) is 52.1 Å². The Bertz CT molecular complexity index is 861. The third-order valence-corrected chi connectivity index (χ3v) is 3.64. The van der Waals surface area contributed by atoms with Crippen LogP contribution in [0.4, 0.5) is 11.4 Å². The van der Waals surface area contributed by atoms with Gasteiger partial charge >= 0.3 is 0 Å². The van der Waals surface area contributed by atoms with Crippen molar-refractivity contribution in [2.24, 2.45) is 7.05 Å². The molecular formula is C16H19N5O5. The monoisotopic (exact) mass is 361 g/mol. The van der Waals surface area contributed by atoms with Crippen LogP contribution in [0.3, 0.4) is 0 Å². The minimum absolute atomic E-state index is 0.0588. The Balaban J connectivity index is 2.05. The number of amides is 2. The lowest BCUT2D eigenvalue weighted by Crippen LogP contribution is -2.35. The van der Waals surface area contributed by atoms with Crippen molar-refractivity contribution in [3.8, 4) is 5.88 Å². The van der Waals surface area contributed by atoms with Crippen LogP contribution in [0.15, 0.2) is 24.4 Å². The van der Waals surface area contributed by atoms with E-state index in [-0.39, 0.29) is 23.7 Å². The first-order chi connectivity index (χ1) is 12.2. The molecule has 1 aromatic carbocycles. The van der Waals surface area contributed by atoms with Crippen molar-refractivity contribution in [3.05, 3.63) is 45.6 Å². The van der Waals surface area contributed by atoms with Gasteiger partial charge in [0.05, 0.1) is 18.6 Å². The average Bonchev–Trinajstić information content (AvgIpc) is 2.96. The Morgan fingerprint density at radius 1 is 1.42 bits per heavy atom. The molecule has 0 spiro atoms. The molecule has 2 rings (SSSR count). The molecule has 10 heteroatoms. The highest BCUT2D eigenvalue weighted by atomic mass is 16.6. The van der Waals surface area contributed by atoms with Gasteiger partial charge in [0.1, 0.15) is 5.56 Å². The molecule has 0 unspecified atom stereocenters. The minimum atomic E-state index is -0.508. The first-order valence-electron chi connectivity index (χ1n) is 7.61. The van der Waals surface area contributed by atoms with Crippen LogP contribution < -0.4 is 10.1 Å². The normalized spacial score (nSPS) is 10.3. The molecular weight excluding hydrogens is 342 g/mol. The van der Waals surface area contributed by atoms with Gasteiger partial charge in [-0.2, -0.15) is 0 Å². The molecule has 0 atom stereocenters. The van der Waals surface area contributed by atoms with Crippen LogP contribution >= 0.6 is 0 Å². The standard InChI is InChI=1S/C16H19N5O5/c1-10-7-11(21(24)25)5-6-13(10)17-14(22)9-19(2)16(23)12-8-20(3)18-15(12)26-4/h5-8H,9H2,1-4H3,(H,17,22). The van der Waals surface area contributed by atoms with Gasteiger partial charge in [0.25, 0.3) is 11.6 Å². The summed E-state index contributed by atoms with van der Waals surface area (Å²) in [5.41, 5.74) is 1.18. The summed E-state index contributed by atoms with van der Waals surface area (Å²) in [7, 11) is 4.55. The second-order valence-electron chi connectivity index (χ2n) is 5.69. The van der Waals surface area contributed by atoms with Gasteiger partial charge in [-0.05, 0) is 18.6 Å². The summed E-state index contributed by atoms with van der Waals surface area (Å²) in [6, 6.07) is 4.13. The highest BCUT2D eigenvalue weighted by Gasteiger charge is 2.22. The molecule has 0 radical (unpaired) electrons. The third-order valence-electron chi connectivity index (χ3n) is 3.64. The van der Waals surface area contributed by atoms with E-state index < -0.39 is 16.7 Å². The van der Waals surface area contributed by atoms with Crippen molar-refractivity contribution >= 4 is 23.2 Å². The van der Waals surface area contributed by atoms with E-state index in [0.717, 1.165) is 0 Å². The van der Waals surface area contributed by atoms with E-state index in [1.54, 1.807) is 14.0 Å². The number of nitro benzene ring substituents is 1. The zero-order valence-electron chi connectivity index (χ0n) is 14.8. The molecule has 10 nitrogen and oxygen atoms in total. The van der Waals surface area contributed by atoms with E-state index >= 15 is 0 Å². The number of rotatable bonds is 6. The molecule has 2 aromatic rings. The molecule has 0 fully saturated rings. The summed E-state index contributed by atoms with van der Waals surface area (Å²) in [5, 5.41) is 17.4. The van der Waals surface area contributed by atoms with Crippen molar-refractivity contribution in [3.63, 3.8) is 0 Å². The fourth-order valence-electron chi connectivity index (χ4n) is 2.35. The van der Waals surface area contributed by atoms with Gasteiger partial charge in [0, 0.05) is 38.1 Å². The molecule has 0 aliphatic carbocycles. The summed E-state index contributed by atoms with van der Waals surface area (Å²) in [6.45, 7) is 1.45. The molecule has 0 aliphatic heterocycles. The average molecular weight is 361 g/mol. The van der Waals surface area contributed by atoms with E-state index in [2.05, 4.69) is 10.4 Å². The number of methoxy groups -OCH3 is 1. The van der Waals surface area contributed by atoms with Gasteiger partial charge in [-0.3, -0.25) is 24.4 Å². The number of nitro groups is 1. The largest absolute Gasteiger partial charge is 0.479 e. The molecule has 0 aliphatic rings. The quantitative estimate of drug-likeness (QED) is 0.613. The number of carbonyl (C=O) groups is 2. The first kappa shape index (κ1) is 18.9. The Labute approximate surface area is 149 Å². The molecule has 0 saturated heterocycles. The second kappa shape index (κ2) is 7.64. The van der Waals surface area contributed by atoms with Gasteiger partial charge in [-0.1, -0.05) is 0 Å². The number of likely N-dealkylation sites (N-methyl/N-ethyl adjacent to an activating group) is 1. The number of benzene rings is 1. The number of nitrogens with zero attached hydrogens (tertiary/aromatic N) is 4. The van der Waals surface area contributed by atoms with Crippen molar-refractivity contribution in [1.29, 1.82) is 0 Å². The zero-order valence-corrected chi connectivity index (χ0v) is 14.8. The van der Waals surface area contributed by atoms with E-state index in [1.807, 2.05) is 0 Å². The number of anilines is 1. The highest BCUT2D eigenvalue weighted by molar-refractivity contribution is 6.00. The molecule has 138 valence electrons. The van der Waals surface area contributed by atoms with E-state index in [1.165, 1.54) is 48.1 Å². The Morgan fingerprint density at radius 3 is 2.69 bits per heavy atom. The van der Waals surface area contributed by atoms with Gasteiger partial charge in [-0.25, -0.2) is 0 Å². The predicted molar refractivity (Wildman–Crippen MR) is 93.2 cm³/mol. The summed E-state index contributed by atoms with van der Waals surface area (Å²) in [6.07, 6.45) is 1.51. The van der Waals surface area contributed by atoms with Crippen molar-refractivity contribution in [2.75, 3.05) is 26.0 Å². The second-order valence-corrected chi connectivity index (χ2v) is 5.69. The molecule has 2 amide bonds. The topological polar surface area (TPSA) is 120 Å². The first-order valence-corrected chi connectivity index (χ1v) is 7.61. The Morgan fingerprint density at radius 2 is 2.12 bits per heavy atom. The lowest BCUT2D eigenvalue weighted by Gasteiger charge is -2.17. The summed E-state index contributed by atoms with van der Waals surface area (Å²) in [4.78, 5) is 36.1. The van der Waals surface area contributed by atoms with Crippen LogP contribution in [-0.2, 0) is 11.8 Å². The van der Waals surface area contributed by atoms with Crippen LogP contribution in [0.2, 0.25) is 0 Å². The van der Waals surface area contributed by atoms with E-state index in [4.69, 9.17) is 4.74 Å². The fourth-order valence-corrected chi connectivity index (χ4v) is 2.35. The molecule has 0 saturated carbocycles. The van der Waals surface area contributed by atoms with Crippen molar-refractivity contribution in [1.82, 2.24) is 14.7 Å². The lowest BCUT2D eigenvalue weighted by molar-refractivity contribution is -0.384. The number of aryl methyl sites for hydroxylation is 2. The minimum Gasteiger partial charge on any atom is -0.479 e. The maximum absolute atomic E-state index is 12.4.